The van der Waals surface area contributed by atoms with Crippen LogP contribution in [0.1, 0.15) is 24.3 Å². The van der Waals surface area contributed by atoms with E-state index >= 15 is 0 Å². The molecule has 2 heterocycles. The minimum atomic E-state index is -0.421. The van der Waals surface area contributed by atoms with E-state index in [0.29, 0.717) is 42.7 Å². The van der Waals surface area contributed by atoms with Crippen molar-refractivity contribution >= 4 is 11.5 Å². The summed E-state index contributed by atoms with van der Waals surface area (Å²) in [7, 11) is 0. The van der Waals surface area contributed by atoms with Crippen LogP contribution in [-0.4, -0.2) is 31.4 Å². The number of aromatic nitrogens is 4. The molecule has 1 N–H and O–H groups in total. The van der Waals surface area contributed by atoms with Crippen LogP contribution in [0.5, 0.6) is 0 Å². The maximum atomic E-state index is 11.1. The van der Waals surface area contributed by atoms with Crippen LogP contribution in [0.3, 0.4) is 0 Å². The van der Waals surface area contributed by atoms with Gasteiger partial charge in [-0.15, -0.1) is 0 Å². The van der Waals surface area contributed by atoms with Crippen molar-refractivity contribution < 1.29 is 9.45 Å². The van der Waals surface area contributed by atoms with Crippen LogP contribution < -0.4 is 5.32 Å². The maximum Gasteiger partial charge on any atom is 0.333 e. The SMILES string of the molecule is CCn1nc(C)c([N+](=O)[O-])c1NCCc1noc(C)n1. The predicted octanol–water partition coefficient (Wildman–Crippen LogP) is 1.47. The second kappa shape index (κ2) is 5.68. The fraction of sp³-hybridized carbons (Fsp3) is 0.545. The summed E-state index contributed by atoms with van der Waals surface area (Å²) in [5.74, 6) is 1.48. The minimum absolute atomic E-state index is 0.0103. The van der Waals surface area contributed by atoms with Gasteiger partial charge in [0.1, 0.15) is 5.69 Å². The molecule has 0 aliphatic rings. The molecule has 0 saturated heterocycles. The van der Waals surface area contributed by atoms with Crippen molar-refractivity contribution in [1.82, 2.24) is 19.9 Å². The van der Waals surface area contributed by atoms with E-state index in [4.69, 9.17) is 4.52 Å². The first-order chi connectivity index (χ1) is 9.52. The highest BCUT2D eigenvalue weighted by Gasteiger charge is 2.24. The molecule has 0 amide bonds. The molecule has 108 valence electrons. The highest BCUT2D eigenvalue weighted by Crippen LogP contribution is 2.27. The van der Waals surface area contributed by atoms with Gasteiger partial charge in [-0.25, -0.2) is 4.68 Å². The van der Waals surface area contributed by atoms with Gasteiger partial charge < -0.3 is 9.84 Å². The molecule has 0 aliphatic carbocycles. The van der Waals surface area contributed by atoms with Gasteiger partial charge in [-0.2, -0.15) is 10.1 Å². The highest BCUT2D eigenvalue weighted by atomic mass is 16.6. The molecule has 9 heteroatoms. The van der Waals surface area contributed by atoms with E-state index in [1.165, 1.54) is 0 Å². The molecule has 20 heavy (non-hydrogen) atoms. The molecule has 0 saturated carbocycles. The number of hydrogen-bond acceptors (Lipinski definition) is 7. The van der Waals surface area contributed by atoms with Crippen molar-refractivity contribution in [2.75, 3.05) is 11.9 Å². The first-order valence-corrected chi connectivity index (χ1v) is 6.27. The quantitative estimate of drug-likeness (QED) is 0.629. The normalized spacial score (nSPS) is 10.8. The van der Waals surface area contributed by atoms with E-state index in [0.717, 1.165) is 0 Å². The largest absolute Gasteiger partial charge is 0.364 e. The summed E-state index contributed by atoms with van der Waals surface area (Å²) in [4.78, 5) is 14.7. The van der Waals surface area contributed by atoms with E-state index in [1.54, 1.807) is 18.5 Å². The molecule has 2 aromatic heterocycles. The Hall–Kier alpha value is -2.45. The average Bonchev–Trinajstić information content (AvgIpc) is 2.93. The summed E-state index contributed by atoms with van der Waals surface area (Å²) in [6.45, 7) is 6.23. The third kappa shape index (κ3) is 2.76. The van der Waals surface area contributed by atoms with Crippen LogP contribution in [0.2, 0.25) is 0 Å². The molecule has 0 bridgehead atoms. The lowest BCUT2D eigenvalue weighted by Gasteiger charge is -2.06. The van der Waals surface area contributed by atoms with Gasteiger partial charge in [-0.3, -0.25) is 10.1 Å². The molecule has 0 fully saturated rings. The molecule has 9 nitrogen and oxygen atoms in total. The summed E-state index contributed by atoms with van der Waals surface area (Å²) in [6, 6.07) is 0. The van der Waals surface area contributed by atoms with Gasteiger partial charge in [-0.1, -0.05) is 5.16 Å². The Morgan fingerprint density at radius 1 is 1.45 bits per heavy atom. The topological polar surface area (TPSA) is 112 Å². The third-order valence-electron chi connectivity index (χ3n) is 2.79. The number of anilines is 1. The molecule has 0 radical (unpaired) electrons. The summed E-state index contributed by atoms with van der Waals surface area (Å²) in [5.41, 5.74) is 0.408. The molecular formula is C11H16N6O3. The lowest BCUT2D eigenvalue weighted by molar-refractivity contribution is -0.384. The molecule has 0 atom stereocenters. The van der Waals surface area contributed by atoms with Crippen molar-refractivity contribution in [2.45, 2.75) is 33.7 Å². The van der Waals surface area contributed by atoms with Crippen molar-refractivity contribution in [2.24, 2.45) is 0 Å². The van der Waals surface area contributed by atoms with E-state index in [-0.39, 0.29) is 5.69 Å². The van der Waals surface area contributed by atoms with Crippen LogP contribution in [0.15, 0.2) is 4.52 Å². The lowest BCUT2D eigenvalue weighted by Crippen LogP contribution is -2.12. The summed E-state index contributed by atoms with van der Waals surface area (Å²) >= 11 is 0. The molecule has 0 aromatic carbocycles. The monoisotopic (exact) mass is 280 g/mol. The Morgan fingerprint density at radius 2 is 2.20 bits per heavy atom. The Kier molecular flexibility index (Phi) is 3.97. The van der Waals surface area contributed by atoms with Gasteiger partial charge in [0.15, 0.2) is 5.82 Å². The number of nitrogens with one attached hydrogen (secondary N) is 1. The Balaban J connectivity index is 2.10. The van der Waals surface area contributed by atoms with Gasteiger partial charge in [0.2, 0.25) is 11.7 Å². The van der Waals surface area contributed by atoms with Gasteiger partial charge in [0.05, 0.1) is 4.92 Å². The Labute approximate surface area is 115 Å². The molecule has 0 aliphatic heterocycles. The lowest BCUT2D eigenvalue weighted by atomic mass is 10.3. The van der Waals surface area contributed by atoms with Crippen LogP contribution in [-0.2, 0) is 13.0 Å². The van der Waals surface area contributed by atoms with E-state index in [1.807, 2.05) is 6.92 Å². The fourth-order valence-electron chi connectivity index (χ4n) is 1.93. The highest BCUT2D eigenvalue weighted by molar-refractivity contribution is 5.59. The molecule has 0 unspecified atom stereocenters. The number of nitro groups is 1. The van der Waals surface area contributed by atoms with Crippen LogP contribution in [0, 0.1) is 24.0 Å². The zero-order valence-electron chi connectivity index (χ0n) is 11.6. The zero-order valence-corrected chi connectivity index (χ0v) is 11.6. The smallest absolute Gasteiger partial charge is 0.333 e. The van der Waals surface area contributed by atoms with E-state index in [9.17, 15) is 10.1 Å². The van der Waals surface area contributed by atoms with E-state index in [2.05, 4.69) is 20.6 Å². The second-order valence-corrected chi connectivity index (χ2v) is 4.26. The summed E-state index contributed by atoms with van der Waals surface area (Å²) < 4.78 is 6.44. The molecule has 2 rings (SSSR count). The maximum absolute atomic E-state index is 11.1. The van der Waals surface area contributed by atoms with Gasteiger partial charge in [0.25, 0.3) is 0 Å². The van der Waals surface area contributed by atoms with Crippen LogP contribution in [0.25, 0.3) is 0 Å². The zero-order chi connectivity index (χ0) is 14.7. The summed E-state index contributed by atoms with van der Waals surface area (Å²) in [5, 5.41) is 22.0. The van der Waals surface area contributed by atoms with Crippen molar-refractivity contribution in [1.29, 1.82) is 0 Å². The first-order valence-electron chi connectivity index (χ1n) is 6.27. The van der Waals surface area contributed by atoms with Gasteiger partial charge >= 0.3 is 5.69 Å². The minimum Gasteiger partial charge on any atom is -0.364 e. The first kappa shape index (κ1) is 14.0. The summed E-state index contributed by atoms with van der Waals surface area (Å²) in [6.07, 6.45) is 0.516. The Morgan fingerprint density at radius 3 is 2.75 bits per heavy atom. The van der Waals surface area contributed by atoms with Gasteiger partial charge in [0, 0.05) is 26.4 Å². The Bertz CT molecular complexity index is 618. The standard InChI is InChI=1S/C11H16N6O3/c1-4-16-11(10(17(18)19)7(2)14-16)12-6-5-9-13-8(3)20-15-9/h12H,4-6H2,1-3H3. The van der Waals surface area contributed by atoms with E-state index < -0.39 is 4.92 Å². The third-order valence-corrected chi connectivity index (χ3v) is 2.79. The average molecular weight is 280 g/mol. The van der Waals surface area contributed by atoms with Crippen molar-refractivity contribution in [3.63, 3.8) is 0 Å². The second-order valence-electron chi connectivity index (χ2n) is 4.26. The number of nitrogens with zero attached hydrogens (tertiary/aromatic N) is 5. The molecule has 2 aromatic rings. The van der Waals surface area contributed by atoms with Gasteiger partial charge in [-0.05, 0) is 13.8 Å². The molecular weight excluding hydrogens is 264 g/mol. The van der Waals surface area contributed by atoms with Crippen LogP contribution in [0.4, 0.5) is 11.5 Å². The predicted molar refractivity (Wildman–Crippen MR) is 70.5 cm³/mol. The molecule has 0 spiro atoms. The number of aryl methyl sites for hydroxylation is 3. The number of rotatable bonds is 6. The van der Waals surface area contributed by atoms with Crippen LogP contribution >= 0.6 is 0 Å². The van der Waals surface area contributed by atoms with Crippen molar-refractivity contribution in [3.05, 3.63) is 27.5 Å². The number of hydrogen-bond donors (Lipinski definition) is 1. The van der Waals surface area contributed by atoms with Crippen molar-refractivity contribution in [3.8, 4) is 0 Å². The fourth-order valence-corrected chi connectivity index (χ4v) is 1.93.